The molecule has 0 aliphatic rings. The fourth-order valence-corrected chi connectivity index (χ4v) is 7.64. The van der Waals surface area contributed by atoms with Crippen LogP contribution in [0.25, 0.3) is 66.6 Å². The minimum absolute atomic E-state index is 0.159. The van der Waals surface area contributed by atoms with Crippen LogP contribution in [0.2, 0.25) is 0 Å². The molecule has 0 aliphatic heterocycles. The van der Waals surface area contributed by atoms with Gasteiger partial charge in [-0.25, -0.2) is 0 Å². The monoisotopic (exact) mass is 720 g/mol. The minimum atomic E-state index is -0.241. The van der Waals surface area contributed by atoms with Crippen molar-refractivity contribution in [3.05, 3.63) is 177 Å². The van der Waals surface area contributed by atoms with E-state index >= 15 is 0 Å². The lowest BCUT2D eigenvalue weighted by Crippen LogP contribution is -2.22. The van der Waals surface area contributed by atoms with E-state index in [1.807, 2.05) is 94.0 Å². The summed E-state index contributed by atoms with van der Waals surface area (Å²) in [6.07, 6.45) is 7.54. The van der Waals surface area contributed by atoms with Crippen molar-refractivity contribution in [1.82, 2.24) is 28.7 Å². The number of pyridine rings is 4. The SMILES string of the molecule is CC(C)(C)c1cc(=O)nc2c3ccnc(-c4ccccc4)c3ccn12.Cc1cc(C)c(-c2cc(=O)nc3c4ccnc(-c5ccccc5)c4ccn23)c(C)c1. The third-order valence-electron chi connectivity index (χ3n) is 9.97. The average molecular weight is 721 g/mol. The summed E-state index contributed by atoms with van der Waals surface area (Å²) in [5.74, 6) is 0. The van der Waals surface area contributed by atoms with Crippen molar-refractivity contribution in [3.8, 4) is 33.8 Å². The lowest BCUT2D eigenvalue weighted by molar-refractivity contribution is 0.557. The van der Waals surface area contributed by atoms with Crippen LogP contribution in [0.3, 0.4) is 0 Å². The van der Waals surface area contributed by atoms with Crippen LogP contribution in [0.4, 0.5) is 0 Å². The van der Waals surface area contributed by atoms with Gasteiger partial charge in [0.15, 0.2) is 0 Å². The standard InChI is InChI=1S/C26H21N3O.C21H19N3O/c1-16-13-17(2)24(18(3)14-16)22-15-23(30)28-26-21-9-11-27-25(19-7-5-4-6-8-19)20(21)10-12-29(22)26;1-21(2,3)17-13-18(25)23-20-16-9-11-22-19(14-7-5-4-6-8-14)15(16)10-12-24(17)20/h4-15H,1-3H3;4-13H,1-3H3. The van der Waals surface area contributed by atoms with Gasteiger partial charge in [-0.3, -0.25) is 19.6 Å². The number of rotatable bonds is 3. The van der Waals surface area contributed by atoms with E-state index in [1.165, 1.54) is 5.56 Å². The van der Waals surface area contributed by atoms with Crippen molar-refractivity contribution < 1.29 is 0 Å². The summed E-state index contributed by atoms with van der Waals surface area (Å²) in [6, 6.07) is 35.7. The molecule has 0 N–H and O–H groups in total. The highest BCUT2D eigenvalue weighted by Crippen LogP contribution is 2.33. The number of aryl methyl sites for hydroxylation is 3. The summed E-state index contributed by atoms with van der Waals surface area (Å²) < 4.78 is 4.03. The number of hydrogen-bond acceptors (Lipinski definition) is 6. The molecule has 8 nitrogen and oxygen atoms in total. The molecule has 8 heteroatoms. The first-order chi connectivity index (χ1) is 26.5. The molecule has 0 aliphatic carbocycles. The van der Waals surface area contributed by atoms with Crippen LogP contribution >= 0.6 is 0 Å². The molecule has 0 unspecified atom stereocenters. The Bertz CT molecular complexity index is 3010. The average Bonchev–Trinajstić information content (AvgIpc) is 3.17. The first-order valence-electron chi connectivity index (χ1n) is 18.3. The molecule has 9 aromatic rings. The van der Waals surface area contributed by atoms with E-state index in [-0.39, 0.29) is 16.5 Å². The molecule has 0 atom stereocenters. The second-order valence-electron chi connectivity index (χ2n) is 15.0. The van der Waals surface area contributed by atoms with Gasteiger partial charge in [-0.1, -0.05) is 99.1 Å². The van der Waals surface area contributed by atoms with Crippen molar-refractivity contribution in [3.63, 3.8) is 0 Å². The van der Waals surface area contributed by atoms with Crippen LogP contribution in [0.15, 0.2) is 144 Å². The summed E-state index contributed by atoms with van der Waals surface area (Å²) >= 11 is 0. The molecule has 0 saturated carbocycles. The third-order valence-corrected chi connectivity index (χ3v) is 9.97. The van der Waals surface area contributed by atoms with Crippen molar-refractivity contribution in [2.75, 3.05) is 0 Å². The van der Waals surface area contributed by atoms with Gasteiger partial charge in [0.05, 0.1) is 17.1 Å². The topological polar surface area (TPSA) is 94.5 Å². The number of benzene rings is 3. The maximum atomic E-state index is 12.6. The van der Waals surface area contributed by atoms with Crippen molar-refractivity contribution >= 4 is 32.8 Å². The van der Waals surface area contributed by atoms with Crippen molar-refractivity contribution in [2.45, 2.75) is 47.0 Å². The van der Waals surface area contributed by atoms with Gasteiger partial charge in [-0.15, -0.1) is 0 Å². The van der Waals surface area contributed by atoms with E-state index in [2.05, 4.69) is 85.7 Å². The Morgan fingerprint density at radius 3 is 1.51 bits per heavy atom. The van der Waals surface area contributed by atoms with E-state index in [1.54, 1.807) is 24.5 Å². The third kappa shape index (κ3) is 6.56. The molecule has 55 heavy (non-hydrogen) atoms. The lowest BCUT2D eigenvalue weighted by atomic mass is 9.91. The fourth-order valence-electron chi connectivity index (χ4n) is 7.64. The normalized spacial score (nSPS) is 11.6. The summed E-state index contributed by atoms with van der Waals surface area (Å²) in [6.45, 7) is 12.6. The number of aromatic nitrogens is 6. The Balaban J connectivity index is 0.000000158. The number of nitrogens with zero attached hydrogens (tertiary/aromatic N) is 6. The number of hydrogen-bond donors (Lipinski definition) is 0. The van der Waals surface area contributed by atoms with Crippen LogP contribution in [0, 0.1) is 20.8 Å². The van der Waals surface area contributed by atoms with Crippen LogP contribution < -0.4 is 11.1 Å². The summed E-state index contributed by atoms with van der Waals surface area (Å²) in [5, 5.41) is 3.81. The first-order valence-corrected chi connectivity index (χ1v) is 18.3. The van der Waals surface area contributed by atoms with E-state index in [4.69, 9.17) is 0 Å². The Kier molecular flexibility index (Phi) is 8.89. The minimum Gasteiger partial charge on any atom is -0.304 e. The largest absolute Gasteiger partial charge is 0.304 e. The summed E-state index contributed by atoms with van der Waals surface area (Å²) in [5.41, 5.74) is 11.0. The Hall–Kier alpha value is -6.80. The maximum absolute atomic E-state index is 12.6. The van der Waals surface area contributed by atoms with E-state index in [0.717, 1.165) is 72.1 Å². The van der Waals surface area contributed by atoms with Crippen molar-refractivity contribution in [2.24, 2.45) is 0 Å². The molecule has 3 aromatic carbocycles. The van der Waals surface area contributed by atoms with Crippen LogP contribution in [0.5, 0.6) is 0 Å². The van der Waals surface area contributed by atoms with Gasteiger partial charge in [0, 0.05) is 86.3 Å². The van der Waals surface area contributed by atoms with Crippen LogP contribution in [0.1, 0.15) is 43.2 Å². The molecule has 6 heterocycles. The zero-order valence-electron chi connectivity index (χ0n) is 31.7. The quantitative estimate of drug-likeness (QED) is 0.169. The molecule has 9 rings (SSSR count). The van der Waals surface area contributed by atoms with E-state index in [9.17, 15) is 9.59 Å². The molecule has 0 saturated heterocycles. The van der Waals surface area contributed by atoms with Crippen LogP contribution in [-0.2, 0) is 5.41 Å². The molecular formula is C47H40N6O2. The van der Waals surface area contributed by atoms with Gasteiger partial charge in [0.1, 0.15) is 11.3 Å². The van der Waals surface area contributed by atoms with Gasteiger partial charge in [0.2, 0.25) is 0 Å². The lowest BCUT2D eigenvalue weighted by Gasteiger charge is -2.22. The second-order valence-corrected chi connectivity index (χ2v) is 15.0. The second kappa shape index (κ2) is 13.9. The molecule has 270 valence electrons. The van der Waals surface area contributed by atoms with Gasteiger partial charge in [-0.05, 0) is 56.2 Å². The van der Waals surface area contributed by atoms with Gasteiger partial charge in [0.25, 0.3) is 11.1 Å². The molecule has 0 spiro atoms. The fraction of sp³-hybridized carbons (Fsp3) is 0.149. The molecule has 0 bridgehead atoms. The number of fused-ring (bicyclic) bond motifs is 6. The van der Waals surface area contributed by atoms with Gasteiger partial charge < -0.3 is 8.80 Å². The van der Waals surface area contributed by atoms with Crippen LogP contribution in [-0.4, -0.2) is 28.7 Å². The van der Waals surface area contributed by atoms with Gasteiger partial charge >= 0.3 is 0 Å². The van der Waals surface area contributed by atoms with Crippen molar-refractivity contribution in [1.29, 1.82) is 0 Å². The Labute approximate surface area is 318 Å². The molecule has 0 fully saturated rings. The Morgan fingerprint density at radius 1 is 0.527 bits per heavy atom. The Morgan fingerprint density at radius 2 is 1.00 bits per heavy atom. The van der Waals surface area contributed by atoms with Gasteiger partial charge in [-0.2, -0.15) is 9.97 Å². The summed E-state index contributed by atoms with van der Waals surface area (Å²) in [4.78, 5) is 42.7. The molecular weight excluding hydrogens is 681 g/mol. The highest BCUT2D eigenvalue weighted by atomic mass is 16.1. The highest BCUT2D eigenvalue weighted by molar-refractivity contribution is 6.02. The zero-order valence-corrected chi connectivity index (χ0v) is 31.7. The predicted octanol–water partition coefficient (Wildman–Crippen LogP) is 9.71. The molecule has 6 aromatic heterocycles. The summed E-state index contributed by atoms with van der Waals surface area (Å²) in [7, 11) is 0. The maximum Gasteiger partial charge on any atom is 0.273 e. The smallest absolute Gasteiger partial charge is 0.273 e. The highest BCUT2D eigenvalue weighted by Gasteiger charge is 2.20. The molecule has 0 amide bonds. The predicted molar refractivity (Wildman–Crippen MR) is 223 cm³/mol. The first kappa shape index (κ1) is 35.2. The van der Waals surface area contributed by atoms with E-state index in [0.29, 0.717) is 11.3 Å². The molecule has 0 radical (unpaired) electrons. The zero-order chi connectivity index (χ0) is 38.4. The van der Waals surface area contributed by atoms with E-state index < -0.39 is 0 Å².